The Morgan fingerprint density at radius 1 is 0.966 bits per heavy atom. The molecule has 5 heteroatoms. The lowest BCUT2D eigenvalue weighted by Crippen LogP contribution is -2.27. The summed E-state index contributed by atoms with van der Waals surface area (Å²) in [7, 11) is 4.02. The van der Waals surface area contributed by atoms with E-state index in [1.54, 1.807) is 29.3 Å². The first-order chi connectivity index (χ1) is 14.0. The van der Waals surface area contributed by atoms with Gasteiger partial charge in [-0.05, 0) is 47.5 Å². The third kappa shape index (κ3) is 4.03. The smallest absolute Gasteiger partial charge is 0.274 e. The molecule has 1 aliphatic rings. The van der Waals surface area contributed by atoms with E-state index in [9.17, 15) is 4.79 Å². The highest BCUT2D eigenvalue weighted by molar-refractivity contribution is 6.30. The first-order valence-corrected chi connectivity index (χ1v) is 9.90. The molecule has 0 fully saturated rings. The van der Waals surface area contributed by atoms with Crippen molar-refractivity contribution in [1.29, 1.82) is 0 Å². The van der Waals surface area contributed by atoms with Gasteiger partial charge in [0, 0.05) is 36.8 Å². The van der Waals surface area contributed by atoms with E-state index >= 15 is 0 Å². The summed E-state index contributed by atoms with van der Waals surface area (Å²) in [6.45, 7) is 0. The van der Waals surface area contributed by atoms with Crippen LogP contribution in [0.4, 0.5) is 5.69 Å². The van der Waals surface area contributed by atoms with Gasteiger partial charge >= 0.3 is 0 Å². The fraction of sp³-hybridized carbons (Fsp3) is 0.167. The second-order valence-corrected chi connectivity index (χ2v) is 7.71. The monoisotopic (exact) mass is 403 g/mol. The molecule has 0 unspecified atom stereocenters. The lowest BCUT2D eigenvalue weighted by Gasteiger charge is -2.23. The largest absolute Gasteiger partial charge is 0.378 e. The Hall–Kier alpha value is -3.11. The van der Waals surface area contributed by atoms with Crippen molar-refractivity contribution >= 4 is 28.9 Å². The van der Waals surface area contributed by atoms with E-state index in [2.05, 4.69) is 29.2 Å². The van der Waals surface area contributed by atoms with Crippen molar-refractivity contribution in [2.24, 2.45) is 5.10 Å². The minimum atomic E-state index is -0.149. The van der Waals surface area contributed by atoms with Crippen molar-refractivity contribution in [2.45, 2.75) is 12.5 Å². The number of hydrogen-bond acceptors (Lipinski definition) is 3. The fourth-order valence-corrected chi connectivity index (χ4v) is 3.61. The zero-order chi connectivity index (χ0) is 20.4. The molecule has 4 rings (SSSR count). The first-order valence-electron chi connectivity index (χ1n) is 9.52. The number of anilines is 1. The topological polar surface area (TPSA) is 35.9 Å². The molecule has 1 atom stereocenters. The van der Waals surface area contributed by atoms with E-state index in [0.29, 0.717) is 17.0 Å². The van der Waals surface area contributed by atoms with Gasteiger partial charge in [0.2, 0.25) is 0 Å². The van der Waals surface area contributed by atoms with Crippen molar-refractivity contribution < 1.29 is 4.79 Å². The predicted molar refractivity (Wildman–Crippen MR) is 119 cm³/mol. The van der Waals surface area contributed by atoms with Gasteiger partial charge in [-0.2, -0.15) is 5.10 Å². The van der Waals surface area contributed by atoms with E-state index in [-0.39, 0.29) is 11.9 Å². The van der Waals surface area contributed by atoms with Crippen molar-refractivity contribution in [3.8, 4) is 0 Å². The van der Waals surface area contributed by atoms with Gasteiger partial charge in [-0.15, -0.1) is 0 Å². The second kappa shape index (κ2) is 8.10. The summed E-state index contributed by atoms with van der Waals surface area (Å²) in [5, 5.41) is 6.94. The Kier molecular flexibility index (Phi) is 5.36. The van der Waals surface area contributed by atoms with Gasteiger partial charge in [-0.1, -0.05) is 54.1 Å². The summed E-state index contributed by atoms with van der Waals surface area (Å²) in [4.78, 5) is 15.3. The summed E-state index contributed by atoms with van der Waals surface area (Å²) < 4.78 is 0. The Labute approximate surface area is 176 Å². The van der Waals surface area contributed by atoms with E-state index in [1.165, 1.54) is 0 Å². The van der Waals surface area contributed by atoms with Crippen molar-refractivity contribution in [2.75, 3.05) is 19.0 Å². The number of halogens is 1. The van der Waals surface area contributed by atoms with E-state index in [0.717, 1.165) is 22.5 Å². The maximum absolute atomic E-state index is 13.3. The van der Waals surface area contributed by atoms with Crippen LogP contribution in [0.2, 0.25) is 5.02 Å². The van der Waals surface area contributed by atoms with Crippen LogP contribution in [0.1, 0.15) is 33.9 Å². The number of benzene rings is 3. The Morgan fingerprint density at radius 2 is 1.62 bits per heavy atom. The molecule has 3 aromatic rings. The number of nitrogens with zero attached hydrogens (tertiary/aromatic N) is 3. The third-order valence-corrected chi connectivity index (χ3v) is 5.36. The van der Waals surface area contributed by atoms with Gasteiger partial charge in [0.1, 0.15) is 0 Å². The Morgan fingerprint density at radius 3 is 2.24 bits per heavy atom. The summed E-state index contributed by atoms with van der Waals surface area (Å²) >= 11 is 5.99. The highest BCUT2D eigenvalue weighted by Crippen LogP contribution is 2.34. The zero-order valence-corrected chi connectivity index (χ0v) is 17.2. The molecule has 0 N–H and O–H groups in total. The second-order valence-electron chi connectivity index (χ2n) is 7.28. The van der Waals surface area contributed by atoms with Crippen molar-refractivity contribution in [3.63, 3.8) is 0 Å². The van der Waals surface area contributed by atoms with Crippen LogP contribution >= 0.6 is 11.6 Å². The Bertz CT molecular complexity index is 1030. The molecule has 4 nitrogen and oxygen atoms in total. The van der Waals surface area contributed by atoms with Crippen LogP contribution in [0.3, 0.4) is 0 Å². The summed E-state index contributed by atoms with van der Waals surface area (Å²) in [6.07, 6.45) is 0.671. The minimum Gasteiger partial charge on any atom is -0.378 e. The maximum Gasteiger partial charge on any atom is 0.274 e. The van der Waals surface area contributed by atoms with Gasteiger partial charge < -0.3 is 4.90 Å². The first kappa shape index (κ1) is 19.2. The molecule has 0 saturated heterocycles. The predicted octanol–water partition coefficient (Wildman–Crippen LogP) is 5.40. The molecular weight excluding hydrogens is 382 g/mol. The van der Waals surface area contributed by atoms with Crippen LogP contribution in [-0.4, -0.2) is 30.7 Å². The van der Waals surface area contributed by atoms with Crippen LogP contribution < -0.4 is 4.90 Å². The fourth-order valence-electron chi connectivity index (χ4n) is 3.48. The summed E-state index contributed by atoms with van der Waals surface area (Å²) in [5.74, 6) is -0.130. The molecule has 0 aliphatic carbocycles. The number of rotatable bonds is 4. The summed E-state index contributed by atoms with van der Waals surface area (Å²) in [5.41, 5.74) is 4.70. The Balaban J connectivity index is 1.70. The number of hydrogen-bond donors (Lipinski definition) is 0. The van der Waals surface area contributed by atoms with Gasteiger partial charge in [0.05, 0.1) is 11.8 Å². The molecule has 0 spiro atoms. The molecule has 1 amide bonds. The number of amides is 1. The van der Waals surface area contributed by atoms with Gasteiger partial charge in [-0.25, -0.2) is 5.01 Å². The van der Waals surface area contributed by atoms with Gasteiger partial charge in [0.15, 0.2) is 0 Å². The molecule has 0 aromatic heterocycles. The molecule has 29 heavy (non-hydrogen) atoms. The normalized spacial score (nSPS) is 15.9. The molecule has 0 bridgehead atoms. The van der Waals surface area contributed by atoms with E-state index < -0.39 is 0 Å². The average Bonchev–Trinajstić information content (AvgIpc) is 3.20. The molecule has 0 radical (unpaired) electrons. The average molecular weight is 404 g/mol. The molecular formula is C24H22ClN3O. The number of carbonyl (C=O) groups is 1. The summed E-state index contributed by atoms with van der Waals surface area (Å²) in [6, 6.07) is 25.1. The molecule has 0 saturated carbocycles. The highest BCUT2D eigenvalue weighted by Gasteiger charge is 2.33. The van der Waals surface area contributed by atoms with E-state index in [4.69, 9.17) is 16.7 Å². The SMILES string of the molecule is CN(C)c1ccc([C@@H]2CC(c3ccccc3)=NN2C(=O)c2ccc(Cl)cc2)cc1. The van der Waals surface area contributed by atoms with Crippen LogP contribution in [-0.2, 0) is 0 Å². The van der Waals surface area contributed by atoms with Crippen molar-refractivity contribution in [1.82, 2.24) is 5.01 Å². The highest BCUT2D eigenvalue weighted by atomic mass is 35.5. The molecule has 1 heterocycles. The third-order valence-electron chi connectivity index (χ3n) is 5.11. The zero-order valence-electron chi connectivity index (χ0n) is 16.4. The van der Waals surface area contributed by atoms with Crippen LogP contribution in [0.5, 0.6) is 0 Å². The lowest BCUT2D eigenvalue weighted by molar-refractivity contribution is 0.0711. The van der Waals surface area contributed by atoms with Crippen LogP contribution in [0.25, 0.3) is 0 Å². The standard InChI is InChI=1S/C24H22ClN3O/c1-27(2)21-14-10-18(11-15-21)23-16-22(17-6-4-3-5-7-17)26-28(23)24(29)19-8-12-20(25)13-9-19/h3-15,23H,16H2,1-2H3/t23-/m0/s1. The quantitative estimate of drug-likeness (QED) is 0.584. The number of carbonyl (C=O) groups excluding carboxylic acids is 1. The van der Waals surface area contributed by atoms with Crippen LogP contribution in [0, 0.1) is 0 Å². The molecule has 146 valence electrons. The lowest BCUT2D eigenvalue weighted by atomic mass is 9.98. The van der Waals surface area contributed by atoms with Crippen molar-refractivity contribution in [3.05, 3.63) is 101 Å². The van der Waals surface area contributed by atoms with Crippen LogP contribution in [0.15, 0.2) is 84.0 Å². The number of hydrazone groups is 1. The van der Waals surface area contributed by atoms with Gasteiger partial charge in [-0.3, -0.25) is 4.79 Å². The minimum absolute atomic E-state index is 0.130. The van der Waals surface area contributed by atoms with E-state index in [1.807, 2.05) is 44.4 Å². The molecule has 3 aromatic carbocycles. The maximum atomic E-state index is 13.3. The van der Waals surface area contributed by atoms with Gasteiger partial charge in [0.25, 0.3) is 5.91 Å². The molecule has 1 aliphatic heterocycles.